The maximum Gasteiger partial charge on any atom is 0.223 e. The summed E-state index contributed by atoms with van der Waals surface area (Å²) in [6, 6.07) is 8.89. The number of nitrogens with one attached hydrogen (secondary N) is 1. The molecule has 1 aliphatic carbocycles. The third kappa shape index (κ3) is 2.47. The molecule has 1 amide bonds. The summed E-state index contributed by atoms with van der Waals surface area (Å²) in [5.41, 5.74) is 8.27. The van der Waals surface area contributed by atoms with Crippen molar-refractivity contribution in [2.45, 2.75) is 51.0 Å². The zero-order valence-electron chi connectivity index (χ0n) is 12.0. The van der Waals surface area contributed by atoms with Gasteiger partial charge in [0.1, 0.15) is 0 Å². The number of carbonyl (C=O) groups excluding carboxylic acids is 1. The summed E-state index contributed by atoms with van der Waals surface area (Å²) >= 11 is 0. The van der Waals surface area contributed by atoms with Crippen LogP contribution in [0.25, 0.3) is 0 Å². The van der Waals surface area contributed by atoms with Gasteiger partial charge < -0.3 is 11.1 Å². The summed E-state index contributed by atoms with van der Waals surface area (Å²) in [5.74, 6) is -0.0953. The molecule has 20 heavy (non-hydrogen) atoms. The van der Waals surface area contributed by atoms with Crippen molar-refractivity contribution in [3.05, 3.63) is 35.4 Å². The van der Waals surface area contributed by atoms with Gasteiger partial charge in [0.05, 0.1) is 5.41 Å². The minimum Gasteiger partial charge on any atom is -0.369 e. The standard InChI is InChI=1S/C17H24N2O/c18-16(20)17(9-4-1-5-10-17)12-15-14-7-3-2-6-13(14)8-11-19-15/h2-3,6-7,15,19H,1,4-5,8-12H2,(H2,18,20)/t15-/m1/s1. The Balaban J connectivity index is 1.85. The SMILES string of the molecule is NC(=O)C1(C[C@H]2NCCc3ccccc32)CCCCC1. The first kappa shape index (κ1) is 13.6. The third-order valence-electron chi connectivity index (χ3n) is 5.14. The number of nitrogens with two attached hydrogens (primary N) is 1. The molecule has 0 spiro atoms. The lowest BCUT2D eigenvalue weighted by atomic mass is 9.68. The Morgan fingerprint density at radius 1 is 1.25 bits per heavy atom. The lowest BCUT2D eigenvalue weighted by molar-refractivity contribution is -0.130. The molecule has 0 bridgehead atoms. The van der Waals surface area contributed by atoms with E-state index in [2.05, 4.69) is 29.6 Å². The van der Waals surface area contributed by atoms with Crippen LogP contribution in [-0.4, -0.2) is 12.5 Å². The van der Waals surface area contributed by atoms with Crippen LogP contribution in [0.4, 0.5) is 0 Å². The molecule has 0 radical (unpaired) electrons. The van der Waals surface area contributed by atoms with Crippen LogP contribution < -0.4 is 11.1 Å². The molecular formula is C17H24N2O. The van der Waals surface area contributed by atoms with E-state index >= 15 is 0 Å². The molecule has 0 saturated heterocycles. The van der Waals surface area contributed by atoms with Crippen LogP contribution in [0, 0.1) is 5.41 Å². The van der Waals surface area contributed by atoms with E-state index in [1.807, 2.05) is 0 Å². The van der Waals surface area contributed by atoms with Gasteiger partial charge in [-0.05, 0) is 43.4 Å². The minimum absolute atomic E-state index is 0.0953. The van der Waals surface area contributed by atoms with E-state index in [9.17, 15) is 4.79 Å². The Hall–Kier alpha value is -1.35. The van der Waals surface area contributed by atoms with Gasteiger partial charge in [-0.1, -0.05) is 43.5 Å². The lowest BCUT2D eigenvalue weighted by Crippen LogP contribution is -2.43. The molecule has 3 rings (SSSR count). The average Bonchev–Trinajstić information content (AvgIpc) is 2.48. The van der Waals surface area contributed by atoms with E-state index in [1.165, 1.54) is 17.5 Å². The van der Waals surface area contributed by atoms with Gasteiger partial charge in [0.2, 0.25) is 5.91 Å². The van der Waals surface area contributed by atoms with Crippen LogP contribution in [-0.2, 0) is 11.2 Å². The summed E-state index contributed by atoms with van der Waals surface area (Å²) < 4.78 is 0. The molecule has 1 aromatic carbocycles. The van der Waals surface area contributed by atoms with Crippen molar-refractivity contribution in [3.63, 3.8) is 0 Å². The normalized spacial score (nSPS) is 24.9. The maximum atomic E-state index is 12.1. The maximum absolute atomic E-state index is 12.1. The van der Waals surface area contributed by atoms with Gasteiger partial charge in [-0.25, -0.2) is 0 Å². The summed E-state index contributed by atoms with van der Waals surface area (Å²) in [6.07, 6.45) is 7.37. The van der Waals surface area contributed by atoms with Gasteiger partial charge >= 0.3 is 0 Å². The third-order valence-corrected chi connectivity index (χ3v) is 5.14. The highest BCUT2D eigenvalue weighted by atomic mass is 16.1. The van der Waals surface area contributed by atoms with Crippen LogP contribution in [0.5, 0.6) is 0 Å². The van der Waals surface area contributed by atoms with Gasteiger partial charge in [-0.2, -0.15) is 0 Å². The number of fused-ring (bicyclic) bond motifs is 1. The molecule has 3 N–H and O–H groups in total. The van der Waals surface area contributed by atoms with E-state index < -0.39 is 0 Å². The first-order valence-corrected chi connectivity index (χ1v) is 7.82. The topological polar surface area (TPSA) is 55.1 Å². The van der Waals surface area contributed by atoms with Gasteiger partial charge in [0, 0.05) is 6.04 Å². The van der Waals surface area contributed by atoms with Crippen molar-refractivity contribution in [3.8, 4) is 0 Å². The largest absolute Gasteiger partial charge is 0.369 e. The van der Waals surface area contributed by atoms with Crippen molar-refractivity contribution in [1.82, 2.24) is 5.32 Å². The quantitative estimate of drug-likeness (QED) is 0.889. The van der Waals surface area contributed by atoms with Gasteiger partial charge in [0.15, 0.2) is 0 Å². The highest BCUT2D eigenvalue weighted by Crippen LogP contribution is 2.43. The predicted octanol–water partition coefficient (Wildman–Crippen LogP) is 2.70. The number of amides is 1. The van der Waals surface area contributed by atoms with Crippen LogP contribution in [0.15, 0.2) is 24.3 Å². The molecule has 1 aliphatic heterocycles. The second kappa shape index (κ2) is 5.57. The molecule has 3 heteroatoms. The van der Waals surface area contributed by atoms with E-state index in [-0.39, 0.29) is 17.4 Å². The average molecular weight is 272 g/mol. The molecule has 1 fully saturated rings. The highest BCUT2D eigenvalue weighted by Gasteiger charge is 2.40. The molecule has 1 aromatic rings. The van der Waals surface area contributed by atoms with Gasteiger partial charge in [-0.3, -0.25) is 4.79 Å². The Kier molecular flexibility index (Phi) is 3.79. The number of primary amides is 1. The van der Waals surface area contributed by atoms with Gasteiger partial charge in [0.25, 0.3) is 0 Å². The first-order valence-electron chi connectivity index (χ1n) is 7.82. The molecular weight excluding hydrogens is 248 g/mol. The summed E-state index contributed by atoms with van der Waals surface area (Å²) in [7, 11) is 0. The van der Waals surface area contributed by atoms with Crippen LogP contribution in [0.3, 0.4) is 0 Å². The van der Waals surface area contributed by atoms with Crippen LogP contribution in [0.2, 0.25) is 0 Å². The van der Waals surface area contributed by atoms with Crippen molar-refractivity contribution in [2.75, 3.05) is 6.54 Å². The zero-order valence-corrected chi connectivity index (χ0v) is 12.0. The van der Waals surface area contributed by atoms with E-state index in [0.717, 1.165) is 45.1 Å². The number of rotatable bonds is 3. The van der Waals surface area contributed by atoms with E-state index in [1.54, 1.807) is 0 Å². The number of benzene rings is 1. The molecule has 2 aliphatic rings. The number of carbonyl (C=O) groups is 1. The Bertz CT molecular complexity index is 492. The van der Waals surface area contributed by atoms with E-state index in [0.29, 0.717) is 0 Å². The summed E-state index contributed by atoms with van der Waals surface area (Å²) in [5, 5.41) is 3.59. The molecule has 1 heterocycles. The van der Waals surface area contributed by atoms with Crippen LogP contribution in [0.1, 0.15) is 55.7 Å². The predicted molar refractivity (Wildman–Crippen MR) is 80.2 cm³/mol. The fourth-order valence-electron chi connectivity index (χ4n) is 3.95. The van der Waals surface area contributed by atoms with E-state index in [4.69, 9.17) is 5.73 Å². The molecule has 0 aromatic heterocycles. The van der Waals surface area contributed by atoms with Crippen molar-refractivity contribution < 1.29 is 4.79 Å². The Morgan fingerprint density at radius 2 is 2.00 bits per heavy atom. The first-order chi connectivity index (χ1) is 9.71. The fourth-order valence-corrected chi connectivity index (χ4v) is 3.95. The second-order valence-electron chi connectivity index (χ2n) is 6.36. The molecule has 0 unspecified atom stereocenters. The second-order valence-corrected chi connectivity index (χ2v) is 6.36. The summed E-state index contributed by atoms with van der Waals surface area (Å²) in [4.78, 5) is 12.1. The number of hydrogen-bond donors (Lipinski definition) is 2. The monoisotopic (exact) mass is 272 g/mol. The lowest BCUT2D eigenvalue weighted by Gasteiger charge is -2.39. The number of hydrogen-bond acceptors (Lipinski definition) is 2. The van der Waals surface area contributed by atoms with Crippen LogP contribution >= 0.6 is 0 Å². The molecule has 108 valence electrons. The minimum atomic E-state index is -0.291. The molecule has 3 nitrogen and oxygen atoms in total. The Morgan fingerprint density at radius 3 is 2.75 bits per heavy atom. The smallest absolute Gasteiger partial charge is 0.223 e. The summed E-state index contributed by atoms with van der Waals surface area (Å²) in [6.45, 7) is 0.997. The Labute approximate surface area is 120 Å². The molecule has 1 atom stereocenters. The van der Waals surface area contributed by atoms with Crippen molar-refractivity contribution >= 4 is 5.91 Å². The molecule has 1 saturated carbocycles. The zero-order chi connectivity index (χ0) is 14.0. The fraction of sp³-hybridized carbons (Fsp3) is 0.588. The van der Waals surface area contributed by atoms with Crippen molar-refractivity contribution in [1.29, 1.82) is 0 Å². The highest BCUT2D eigenvalue weighted by molar-refractivity contribution is 5.81. The van der Waals surface area contributed by atoms with Gasteiger partial charge in [-0.15, -0.1) is 0 Å². The van der Waals surface area contributed by atoms with Crippen molar-refractivity contribution in [2.24, 2.45) is 11.1 Å².